The molecular weight excluding hydrogens is 396 g/mol. The van der Waals surface area contributed by atoms with Crippen LogP contribution in [0.15, 0.2) is 45.3 Å². The Balaban J connectivity index is 1.99. The van der Waals surface area contributed by atoms with Gasteiger partial charge in [-0.1, -0.05) is 48.8 Å². The van der Waals surface area contributed by atoms with Crippen LogP contribution in [-0.4, -0.2) is 29.8 Å². The predicted octanol–water partition coefficient (Wildman–Crippen LogP) is 4.22. The molecule has 1 aromatic carbocycles. The molecule has 6 heteroatoms. The molecule has 0 radical (unpaired) electrons. The molecule has 1 atom stereocenters. The Kier molecular flexibility index (Phi) is 6.29. The van der Waals surface area contributed by atoms with Gasteiger partial charge < -0.3 is 14.6 Å². The quantitative estimate of drug-likeness (QED) is 0.787. The number of furan rings is 1. The number of benzene rings is 1. The van der Waals surface area contributed by atoms with Gasteiger partial charge in [0, 0.05) is 22.5 Å². The average Bonchev–Trinajstić information content (AvgIpc) is 3.02. The highest BCUT2D eigenvalue weighted by Crippen LogP contribution is 2.24. The molecule has 0 saturated carbocycles. The molecule has 0 aliphatic heterocycles. The van der Waals surface area contributed by atoms with E-state index in [0.717, 1.165) is 15.8 Å². The highest BCUT2D eigenvalue weighted by Gasteiger charge is 2.26. The summed E-state index contributed by atoms with van der Waals surface area (Å²) >= 11 is 3.41. The standard InChI is InChI=1S/C20H25BrN2O3/c1-13(22-19(25)20(2,3)4)18(24)23(5)12-16-10-11-17(26-16)14-6-8-15(21)9-7-14/h6-11,13H,12H2,1-5H3,(H,22,25). The predicted molar refractivity (Wildman–Crippen MR) is 105 cm³/mol. The van der Waals surface area contributed by atoms with E-state index >= 15 is 0 Å². The van der Waals surface area contributed by atoms with Gasteiger partial charge in [-0.3, -0.25) is 9.59 Å². The van der Waals surface area contributed by atoms with Crippen LogP contribution in [0.1, 0.15) is 33.5 Å². The normalized spacial score (nSPS) is 12.5. The van der Waals surface area contributed by atoms with Crippen molar-refractivity contribution in [2.75, 3.05) is 7.05 Å². The first-order chi connectivity index (χ1) is 12.1. The number of hydrogen-bond acceptors (Lipinski definition) is 3. The number of carbonyl (C=O) groups is 2. The van der Waals surface area contributed by atoms with Gasteiger partial charge in [-0.05, 0) is 31.2 Å². The molecule has 0 saturated heterocycles. The first-order valence-corrected chi connectivity index (χ1v) is 9.28. The van der Waals surface area contributed by atoms with Gasteiger partial charge in [0.05, 0.1) is 6.54 Å². The summed E-state index contributed by atoms with van der Waals surface area (Å²) in [5.41, 5.74) is 0.437. The van der Waals surface area contributed by atoms with Crippen molar-refractivity contribution in [3.8, 4) is 11.3 Å². The van der Waals surface area contributed by atoms with Gasteiger partial charge in [-0.25, -0.2) is 0 Å². The first kappa shape index (κ1) is 20.2. The number of nitrogens with zero attached hydrogens (tertiary/aromatic N) is 1. The van der Waals surface area contributed by atoms with Crippen molar-refractivity contribution in [3.05, 3.63) is 46.6 Å². The maximum absolute atomic E-state index is 12.5. The maximum atomic E-state index is 12.5. The van der Waals surface area contributed by atoms with E-state index in [9.17, 15) is 9.59 Å². The fourth-order valence-electron chi connectivity index (χ4n) is 2.35. The van der Waals surface area contributed by atoms with Crippen LogP contribution in [0.4, 0.5) is 0 Å². The number of rotatable bonds is 5. The van der Waals surface area contributed by atoms with E-state index in [1.54, 1.807) is 18.9 Å². The van der Waals surface area contributed by atoms with Gasteiger partial charge in [0.1, 0.15) is 17.6 Å². The third-order valence-corrected chi connectivity index (χ3v) is 4.49. The molecule has 0 aliphatic carbocycles. The summed E-state index contributed by atoms with van der Waals surface area (Å²) in [6.45, 7) is 7.48. The number of halogens is 1. The molecule has 0 fully saturated rings. The molecular formula is C20H25BrN2O3. The fourth-order valence-corrected chi connectivity index (χ4v) is 2.61. The third kappa shape index (κ3) is 5.21. The average molecular weight is 421 g/mol. The second-order valence-corrected chi connectivity index (χ2v) is 8.33. The van der Waals surface area contributed by atoms with E-state index in [-0.39, 0.29) is 11.8 Å². The zero-order valence-electron chi connectivity index (χ0n) is 15.8. The second kappa shape index (κ2) is 8.08. The van der Waals surface area contributed by atoms with Gasteiger partial charge in [-0.2, -0.15) is 0 Å². The van der Waals surface area contributed by atoms with Crippen molar-refractivity contribution in [1.82, 2.24) is 10.2 Å². The Hall–Kier alpha value is -2.08. The Morgan fingerprint density at radius 3 is 2.35 bits per heavy atom. The van der Waals surface area contributed by atoms with Crippen molar-refractivity contribution in [2.24, 2.45) is 5.41 Å². The van der Waals surface area contributed by atoms with Gasteiger partial charge in [0.15, 0.2) is 0 Å². The van der Waals surface area contributed by atoms with Crippen LogP contribution in [0.3, 0.4) is 0 Å². The van der Waals surface area contributed by atoms with Gasteiger partial charge in [0.2, 0.25) is 11.8 Å². The number of likely N-dealkylation sites (N-methyl/N-ethyl adjacent to an activating group) is 1. The lowest BCUT2D eigenvalue weighted by Gasteiger charge is -2.24. The molecule has 1 aromatic heterocycles. The summed E-state index contributed by atoms with van der Waals surface area (Å²) in [4.78, 5) is 26.1. The summed E-state index contributed by atoms with van der Waals surface area (Å²) in [6.07, 6.45) is 0. The Morgan fingerprint density at radius 2 is 1.77 bits per heavy atom. The molecule has 1 unspecified atom stereocenters. The zero-order chi connectivity index (χ0) is 19.5. The van der Waals surface area contributed by atoms with Crippen LogP contribution >= 0.6 is 15.9 Å². The monoisotopic (exact) mass is 420 g/mol. The molecule has 2 aromatic rings. The molecule has 140 valence electrons. The molecule has 2 rings (SSSR count). The van der Waals surface area contributed by atoms with Crippen LogP contribution in [-0.2, 0) is 16.1 Å². The number of amides is 2. The molecule has 0 spiro atoms. The van der Waals surface area contributed by atoms with Crippen molar-refractivity contribution in [3.63, 3.8) is 0 Å². The highest BCUT2D eigenvalue weighted by molar-refractivity contribution is 9.10. The van der Waals surface area contributed by atoms with E-state index in [1.807, 2.05) is 57.2 Å². The third-order valence-electron chi connectivity index (χ3n) is 3.96. The lowest BCUT2D eigenvalue weighted by molar-refractivity contribution is -0.137. The SMILES string of the molecule is CC(NC(=O)C(C)(C)C)C(=O)N(C)Cc1ccc(-c2ccc(Br)cc2)o1. The zero-order valence-corrected chi connectivity index (χ0v) is 17.4. The van der Waals surface area contributed by atoms with Crippen LogP contribution in [0, 0.1) is 5.41 Å². The maximum Gasteiger partial charge on any atom is 0.245 e. The molecule has 1 N–H and O–H groups in total. The van der Waals surface area contributed by atoms with E-state index in [1.165, 1.54) is 0 Å². The number of carbonyl (C=O) groups excluding carboxylic acids is 2. The van der Waals surface area contributed by atoms with E-state index in [2.05, 4.69) is 21.2 Å². The van der Waals surface area contributed by atoms with Crippen molar-refractivity contribution < 1.29 is 14.0 Å². The van der Waals surface area contributed by atoms with Gasteiger partial charge in [0.25, 0.3) is 0 Å². The summed E-state index contributed by atoms with van der Waals surface area (Å²) in [5, 5.41) is 2.76. The molecule has 5 nitrogen and oxygen atoms in total. The lowest BCUT2D eigenvalue weighted by atomic mass is 9.95. The smallest absolute Gasteiger partial charge is 0.245 e. The molecule has 0 aliphatic rings. The largest absolute Gasteiger partial charge is 0.459 e. The van der Waals surface area contributed by atoms with Crippen LogP contribution in [0.25, 0.3) is 11.3 Å². The Morgan fingerprint density at radius 1 is 1.15 bits per heavy atom. The van der Waals surface area contributed by atoms with Crippen LogP contribution in [0.2, 0.25) is 0 Å². The second-order valence-electron chi connectivity index (χ2n) is 7.41. The highest BCUT2D eigenvalue weighted by atomic mass is 79.9. The molecule has 26 heavy (non-hydrogen) atoms. The fraction of sp³-hybridized carbons (Fsp3) is 0.400. The van der Waals surface area contributed by atoms with Crippen molar-refractivity contribution >= 4 is 27.7 Å². The van der Waals surface area contributed by atoms with E-state index in [0.29, 0.717) is 12.3 Å². The Bertz CT molecular complexity index is 775. The van der Waals surface area contributed by atoms with Gasteiger partial charge >= 0.3 is 0 Å². The number of hydrogen-bond donors (Lipinski definition) is 1. The minimum absolute atomic E-state index is 0.151. The summed E-state index contributed by atoms with van der Waals surface area (Å²) < 4.78 is 6.85. The molecule has 0 bridgehead atoms. The minimum Gasteiger partial charge on any atom is -0.459 e. The van der Waals surface area contributed by atoms with Gasteiger partial charge in [-0.15, -0.1) is 0 Å². The number of nitrogens with one attached hydrogen (secondary N) is 1. The first-order valence-electron chi connectivity index (χ1n) is 8.48. The van der Waals surface area contributed by atoms with Crippen molar-refractivity contribution in [1.29, 1.82) is 0 Å². The topological polar surface area (TPSA) is 62.6 Å². The molecule has 1 heterocycles. The van der Waals surface area contributed by atoms with Crippen molar-refractivity contribution in [2.45, 2.75) is 40.3 Å². The summed E-state index contributed by atoms with van der Waals surface area (Å²) in [7, 11) is 1.70. The van der Waals surface area contributed by atoms with Crippen LogP contribution < -0.4 is 5.32 Å². The molecule has 2 amide bonds. The van der Waals surface area contributed by atoms with E-state index < -0.39 is 11.5 Å². The summed E-state index contributed by atoms with van der Waals surface area (Å²) in [5.74, 6) is 1.13. The lowest BCUT2D eigenvalue weighted by Crippen LogP contribution is -2.48. The minimum atomic E-state index is -0.590. The van der Waals surface area contributed by atoms with Crippen LogP contribution in [0.5, 0.6) is 0 Å². The Labute approximate surface area is 162 Å². The summed E-state index contributed by atoms with van der Waals surface area (Å²) in [6, 6.07) is 11.0. The van der Waals surface area contributed by atoms with E-state index in [4.69, 9.17) is 4.42 Å².